The highest BCUT2D eigenvalue weighted by Crippen LogP contribution is 2.36. The van der Waals surface area contributed by atoms with E-state index in [0.29, 0.717) is 0 Å². The molecule has 5 N–H and O–H groups in total. The highest BCUT2D eigenvalue weighted by Gasteiger charge is 2.46. The topological polar surface area (TPSA) is 181 Å². The van der Waals surface area contributed by atoms with Gasteiger partial charge in [0.25, 0.3) is 0 Å². The van der Waals surface area contributed by atoms with Crippen molar-refractivity contribution < 1.29 is 58.8 Å². The molecule has 0 saturated carbocycles. The predicted molar refractivity (Wildman–Crippen MR) is 95.1 cm³/mol. The summed E-state index contributed by atoms with van der Waals surface area (Å²) in [5, 5.41) is 48.7. The van der Waals surface area contributed by atoms with Crippen LogP contribution in [0.15, 0.2) is 23.5 Å². The highest BCUT2D eigenvalue weighted by molar-refractivity contribution is 5.90. The van der Waals surface area contributed by atoms with Gasteiger partial charge in [-0.15, -0.1) is 0 Å². The average molecular weight is 434 g/mol. The van der Waals surface area contributed by atoms with Crippen LogP contribution in [0.1, 0.15) is 6.42 Å². The van der Waals surface area contributed by atoms with E-state index in [4.69, 9.17) is 18.9 Å². The van der Waals surface area contributed by atoms with Gasteiger partial charge in [0.2, 0.25) is 6.29 Å². The van der Waals surface area contributed by atoms with E-state index in [1.165, 1.54) is 13.2 Å². The van der Waals surface area contributed by atoms with Gasteiger partial charge in [-0.25, -0.2) is 4.79 Å². The molecule has 2 aliphatic heterocycles. The summed E-state index contributed by atoms with van der Waals surface area (Å²) in [5.74, 6) is -2.38. The molecule has 30 heavy (non-hydrogen) atoms. The Kier molecular flexibility index (Phi) is 8.73. The lowest BCUT2D eigenvalue weighted by atomic mass is 9.86. The van der Waals surface area contributed by atoms with Crippen molar-refractivity contribution in [3.8, 4) is 0 Å². The molecule has 0 aromatic heterocycles. The molecule has 0 radical (unpaired) electrons. The van der Waals surface area contributed by atoms with E-state index in [2.05, 4.69) is 4.74 Å². The number of methoxy groups -OCH3 is 2. The van der Waals surface area contributed by atoms with E-state index >= 15 is 0 Å². The number of hydrogen-bond donors (Lipinski definition) is 5. The Hall–Kier alpha value is -2.06. The Morgan fingerprint density at radius 1 is 1.10 bits per heavy atom. The number of esters is 2. The first-order valence-corrected chi connectivity index (χ1v) is 9.06. The van der Waals surface area contributed by atoms with Crippen LogP contribution in [-0.4, -0.2) is 102 Å². The first kappa shape index (κ1) is 24.2. The van der Waals surface area contributed by atoms with Crippen molar-refractivity contribution in [1.82, 2.24) is 0 Å². The van der Waals surface area contributed by atoms with Crippen molar-refractivity contribution in [2.24, 2.45) is 5.92 Å². The van der Waals surface area contributed by atoms with Crippen LogP contribution in [-0.2, 0) is 33.3 Å². The quantitative estimate of drug-likeness (QED) is 0.207. The third kappa shape index (κ3) is 5.16. The summed E-state index contributed by atoms with van der Waals surface area (Å²) >= 11 is 0. The normalized spacial score (nSPS) is 35.4. The first-order chi connectivity index (χ1) is 14.3. The van der Waals surface area contributed by atoms with Crippen molar-refractivity contribution in [2.75, 3.05) is 27.4 Å². The van der Waals surface area contributed by atoms with Gasteiger partial charge in [-0.1, -0.05) is 6.08 Å². The van der Waals surface area contributed by atoms with Crippen LogP contribution >= 0.6 is 0 Å². The monoisotopic (exact) mass is 434 g/mol. The average Bonchev–Trinajstić information content (AvgIpc) is 2.75. The van der Waals surface area contributed by atoms with Crippen LogP contribution in [0.5, 0.6) is 0 Å². The first-order valence-electron chi connectivity index (χ1n) is 9.06. The van der Waals surface area contributed by atoms with Crippen molar-refractivity contribution >= 4 is 11.9 Å². The van der Waals surface area contributed by atoms with Gasteiger partial charge >= 0.3 is 11.9 Å². The Morgan fingerprint density at radius 2 is 1.80 bits per heavy atom. The van der Waals surface area contributed by atoms with Crippen LogP contribution in [0.25, 0.3) is 0 Å². The zero-order chi connectivity index (χ0) is 22.4. The van der Waals surface area contributed by atoms with E-state index in [0.717, 1.165) is 13.4 Å². The molecular formula is C18H26O12. The van der Waals surface area contributed by atoms with Crippen LogP contribution in [0.2, 0.25) is 0 Å². The lowest BCUT2D eigenvalue weighted by Crippen LogP contribution is -2.60. The molecule has 2 heterocycles. The number of hydrogen-bond acceptors (Lipinski definition) is 12. The van der Waals surface area contributed by atoms with Gasteiger partial charge in [0.1, 0.15) is 24.4 Å². The van der Waals surface area contributed by atoms with Crippen molar-refractivity contribution in [1.29, 1.82) is 0 Å². The maximum atomic E-state index is 12.1. The number of aliphatic hydroxyl groups excluding tert-OH is 5. The number of carbonyl (C=O) groups is 2. The zero-order valence-corrected chi connectivity index (χ0v) is 16.4. The van der Waals surface area contributed by atoms with E-state index in [-0.39, 0.29) is 17.6 Å². The SMILES string of the molecule is COC(=O)C[C@@H]1C(C(=O)OC)=COC(OC2OC(CO)C(O)C(O)C2O)/C1=C/CO. The Bertz CT molecular complexity index is 672. The van der Waals surface area contributed by atoms with E-state index < -0.39 is 68.1 Å². The lowest BCUT2D eigenvalue weighted by Gasteiger charge is -2.41. The largest absolute Gasteiger partial charge is 0.469 e. The van der Waals surface area contributed by atoms with Crippen molar-refractivity contribution in [2.45, 2.75) is 43.4 Å². The molecule has 0 amide bonds. The molecule has 12 heteroatoms. The molecule has 2 rings (SSSR count). The second kappa shape index (κ2) is 10.8. The minimum absolute atomic E-state index is 0.0312. The number of carbonyl (C=O) groups excluding carboxylic acids is 2. The molecule has 7 atom stereocenters. The lowest BCUT2D eigenvalue weighted by molar-refractivity contribution is -0.327. The zero-order valence-electron chi connectivity index (χ0n) is 16.4. The summed E-state index contributed by atoms with van der Waals surface area (Å²) in [6.07, 6.45) is -7.10. The molecule has 0 aromatic carbocycles. The van der Waals surface area contributed by atoms with Gasteiger partial charge < -0.3 is 49.2 Å². The highest BCUT2D eigenvalue weighted by atomic mass is 16.8. The van der Waals surface area contributed by atoms with Crippen LogP contribution < -0.4 is 0 Å². The van der Waals surface area contributed by atoms with Gasteiger partial charge in [0.05, 0.1) is 45.7 Å². The molecule has 6 unspecified atom stereocenters. The fourth-order valence-corrected chi connectivity index (χ4v) is 3.18. The molecular weight excluding hydrogens is 408 g/mol. The molecule has 2 aliphatic rings. The van der Waals surface area contributed by atoms with E-state index in [1.54, 1.807) is 0 Å². The predicted octanol–water partition coefficient (Wildman–Crippen LogP) is -2.69. The molecule has 0 aliphatic carbocycles. The third-order valence-electron chi connectivity index (χ3n) is 4.82. The van der Waals surface area contributed by atoms with Gasteiger partial charge in [-0.05, 0) is 0 Å². The summed E-state index contributed by atoms with van der Waals surface area (Å²) in [4.78, 5) is 24.0. The molecule has 0 spiro atoms. The van der Waals surface area contributed by atoms with Gasteiger partial charge in [-0.2, -0.15) is 0 Å². The fourth-order valence-electron chi connectivity index (χ4n) is 3.18. The summed E-state index contributed by atoms with van der Waals surface area (Å²) < 4.78 is 25.6. The number of rotatable bonds is 7. The van der Waals surface area contributed by atoms with Gasteiger partial charge in [0.15, 0.2) is 6.29 Å². The van der Waals surface area contributed by atoms with Gasteiger partial charge in [0, 0.05) is 11.5 Å². The number of aliphatic hydroxyl groups is 5. The maximum absolute atomic E-state index is 12.1. The maximum Gasteiger partial charge on any atom is 0.337 e. The smallest absolute Gasteiger partial charge is 0.337 e. The second-order valence-corrected chi connectivity index (χ2v) is 6.59. The van der Waals surface area contributed by atoms with Crippen molar-refractivity contribution in [3.05, 3.63) is 23.5 Å². The number of ether oxygens (including phenoxy) is 5. The van der Waals surface area contributed by atoms with Crippen LogP contribution in [0, 0.1) is 5.92 Å². The fraction of sp³-hybridized carbons (Fsp3) is 0.667. The molecule has 170 valence electrons. The van der Waals surface area contributed by atoms with E-state index in [9.17, 15) is 35.1 Å². The van der Waals surface area contributed by atoms with Gasteiger partial charge in [-0.3, -0.25) is 4.79 Å². The summed E-state index contributed by atoms with van der Waals surface area (Å²) in [5.41, 5.74) is 0.110. The second-order valence-electron chi connectivity index (χ2n) is 6.59. The molecule has 1 saturated heterocycles. The van der Waals surface area contributed by atoms with Crippen molar-refractivity contribution in [3.63, 3.8) is 0 Å². The Labute approximate surface area is 171 Å². The third-order valence-corrected chi connectivity index (χ3v) is 4.82. The minimum Gasteiger partial charge on any atom is -0.469 e. The van der Waals surface area contributed by atoms with Crippen LogP contribution in [0.3, 0.4) is 0 Å². The van der Waals surface area contributed by atoms with E-state index in [1.807, 2.05) is 0 Å². The summed E-state index contributed by atoms with van der Waals surface area (Å²) in [6.45, 7) is -1.16. The summed E-state index contributed by atoms with van der Waals surface area (Å²) in [6, 6.07) is 0. The molecule has 0 aromatic rings. The molecule has 0 bridgehead atoms. The molecule has 12 nitrogen and oxygen atoms in total. The summed E-state index contributed by atoms with van der Waals surface area (Å²) in [7, 11) is 2.31. The minimum atomic E-state index is -1.70. The Balaban J connectivity index is 2.32. The van der Waals surface area contributed by atoms with Crippen LogP contribution in [0.4, 0.5) is 0 Å². The standard InChI is InChI=1S/C18H26O12/c1-26-12(21)5-9-8(3-4-19)17(28-7-10(9)16(25)27-2)30-18-15(24)14(23)13(22)11(6-20)29-18/h3,7,9,11,13-15,17-20,22-24H,4-6H2,1-2H3/b8-3+/t9-,11?,13?,14?,15?,17?,18?/m0/s1. The Morgan fingerprint density at radius 3 is 2.37 bits per heavy atom. The molecule has 1 fully saturated rings.